The molecule has 0 spiro atoms. The average molecular weight is 347 g/mol. The lowest BCUT2D eigenvalue weighted by Crippen LogP contribution is -2.45. The van der Waals surface area contributed by atoms with Crippen LogP contribution in [-0.2, 0) is 11.2 Å². The van der Waals surface area contributed by atoms with Gasteiger partial charge >= 0.3 is 0 Å². The lowest BCUT2D eigenvalue weighted by Gasteiger charge is -2.15. The summed E-state index contributed by atoms with van der Waals surface area (Å²) in [6, 6.07) is 15.6. The first-order valence-electron chi connectivity index (χ1n) is 6.46. The minimum atomic E-state index is -0.737. The molecule has 0 aliphatic heterocycles. The minimum absolute atomic E-state index is 0.323. The molecule has 0 saturated heterocycles. The summed E-state index contributed by atoms with van der Waals surface area (Å²) in [5.74, 6) is -0.877. The number of hydrogen-bond donors (Lipinski definition) is 2. The Morgan fingerprint density at radius 1 is 1.10 bits per heavy atom. The second-order valence-corrected chi connectivity index (χ2v) is 5.54. The van der Waals surface area contributed by atoms with Crippen molar-refractivity contribution >= 4 is 27.7 Å². The Kier molecular flexibility index (Phi) is 5.11. The topological polar surface area (TPSA) is 72.2 Å². The van der Waals surface area contributed by atoms with Gasteiger partial charge in [0.05, 0.1) is 0 Å². The van der Waals surface area contributed by atoms with Gasteiger partial charge in [0.2, 0.25) is 5.91 Å². The van der Waals surface area contributed by atoms with Gasteiger partial charge in [-0.15, -0.1) is 0 Å². The second-order valence-electron chi connectivity index (χ2n) is 4.63. The van der Waals surface area contributed by atoms with Gasteiger partial charge in [-0.3, -0.25) is 9.59 Å². The first kappa shape index (κ1) is 15.3. The van der Waals surface area contributed by atoms with Crippen molar-refractivity contribution in [1.29, 1.82) is 0 Å². The van der Waals surface area contributed by atoms with E-state index in [2.05, 4.69) is 21.2 Å². The van der Waals surface area contributed by atoms with Gasteiger partial charge in [-0.05, 0) is 23.8 Å². The Labute approximate surface area is 131 Å². The molecular weight excluding hydrogens is 332 g/mol. The van der Waals surface area contributed by atoms with E-state index in [1.165, 1.54) is 0 Å². The van der Waals surface area contributed by atoms with Gasteiger partial charge in [0.1, 0.15) is 6.04 Å². The second kappa shape index (κ2) is 7.04. The summed E-state index contributed by atoms with van der Waals surface area (Å²) < 4.78 is 0.800. The molecule has 0 radical (unpaired) electrons. The fourth-order valence-corrected chi connectivity index (χ4v) is 2.34. The van der Waals surface area contributed by atoms with E-state index in [0.29, 0.717) is 12.0 Å². The van der Waals surface area contributed by atoms with E-state index in [9.17, 15) is 9.59 Å². The van der Waals surface area contributed by atoms with Crippen molar-refractivity contribution in [1.82, 2.24) is 5.32 Å². The Morgan fingerprint density at radius 2 is 1.81 bits per heavy atom. The van der Waals surface area contributed by atoms with Gasteiger partial charge in [-0.2, -0.15) is 0 Å². The maximum atomic E-state index is 12.2. The molecule has 2 rings (SSSR count). The maximum absolute atomic E-state index is 12.2. The summed E-state index contributed by atoms with van der Waals surface area (Å²) in [4.78, 5) is 23.7. The van der Waals surface area contributed by atoms with Crippen molar-refractivity contribution < 1.29 is 9.59 Å². The predicted octanol–water partition coefficient (Wildman–Crippen LogP) is 2.28. The van der Waals surface area contributed by atoms with Crippen LogP contribution in [0.15, 0.2) is 59.1 Å². The van der Waals surface area contributed by atoms with E-state index in [1.807, 2.05) is 36.4 Å². The van der Waals surface area contributed by atoms with Crippen LogP contribution < -0.4 is 11.1 Å². The average Bonchev–Trinajstić information content (AvgIpc) is 2.47. The fourth-order valence-electron chi connectivity index (χ4n) is 1.94. The van der Waals surface area contributed by atoms with Crippen molar-refractivity contribution in [3.8, 4) is 0 Å². The molecule has 0 bridgehead atoms. The van der Waals surface area contributed by atoms with Crippen LogP contribution in [0.25, 0.3) is 0 Å². The third-order valence-electron chi connectivity index (χ3n) is 3.02. The molecule has 4 nitrogen and oxygen atoms in total. The van der Waals surface area contributed by atoms with Crippen LogP contribution in [0.3, 0.4) is 0 Å². The monoisotopic (exact) mass is 346 g/mol. The van der Waals surface area contributed by atoms with Gasteiger partial charge in [0.15, 0.2) is 0 Å². The molecule has 2 aromatic rings. The van der Waals surface area contributed by atoms with Gasteiger partial charge in [0.25, 0.3) is 5.91 Å². The first-order chi connectivity index (χ1) is 10.1. The van der Waals surface area contributed by atoms with Crippen LogP contribution in [0.1, 0.15) is 15.9 Å². The highest BCUT2D eigenvalue weighted by Gasteiger charge is 2.19. The lowest BCUT2D eigenvalue weighted by molar-refractivity contribution is -0.119. The van der Waals surface area contributed by atoms with Crippen LogP contribution >= 0.6 is 15.9 Å². The number of rotatable bonds is 5. The number of carbonyl (C=O) groups excluding carboxylic acids is 2. The molecule has 0 unspecified atom stereocenters. The zero-order valence-corrected chi connectivity index (χ0v) is 12.8. The van der Waals surface area contributed by atoms with Crippen molar-refractivity contribution in [3.05, 3.63) is 70.2 Å². The SMILES string of the molecule is NC(=O)[C@@H](Cc1ccccc1)NC(=O)c1cccc(Br)c1. The molecule has 2 aromatic carbocycles. The molecule has 3 N–H and O–H groups in total. The van der Waals surface area contributed by atoms with E-state index in [0.717, 1.165) is 10.0 Å². The highest BCUT2D eigenvalue weighted by Crippen LogP contribution is 2.12. The molecule has 108 valence electrons. The molecule has 5 heteroatoms. The minimum Gasteiger partial charge on any atom is -0.368 e. The van der Waals surface area contributed by atoms with Crippen LogP contribution in [0.5, 0.6) is 0 Å². The number of nitrogens with two attached hydrogens (primary N) is 1. The van der Waals surface area contributed by atoms with E-state index in [4.69, 9.17) is 5.73 Å². The number of primary amides is 1. The fraction of sp³-hybridized carbons (Fsp3) is 0.125. The predicted molar refractivity (Wildman–Crippen MR) is 84.7 cm³/mol. The van der Waals surface area contributed by atoms with E-state index >= 15 is 0 Å². The van der Waals surface area contributed by atoms with Gasteiger partial charge < -0.3 is 11.1 Å². The van der Waals surface area contributed by atoms with Crippen LogP contribution in [0.4, 0.5) is 0 Å². The zero-order valence-electron chi connectivity index (χ0n) is 11.3. The summed E-state index contributed by atoms with van der Waals surface area (Å²) in [5, 5.41) is 2.67. The lowest BCUT2D eigenvalue weighted by atomic mass is 10.0. The molecule has 21 heavy (non-hydrogen) atoms. The van der Waals surface area contributed by atoms with Crippen LogP contribution in [0, 0.1) is 0 Å². The zero-order chi connectivity index (χ0) is 15.2. The molecule has 0 fully saturated rings. The molecular formula is C16H15BrN2O2. The van der Waals surface area contributed by atoms with Crippen molar-refractivity contribution in [3.63, 3.8) is 0 Å². The normalized spacial score (nSPS) is 11.7. The van der Waals surface area contributed by atoms with E-state index in [1.54, 1.807) is 18.2 Å². The number of nitrogens with one attached hydrogen (secondary N) is 1. The maximum Gasteiger partial charge on any atom is 0.251 e. The number of hydrogen-bond acceptors (Lipinski definition) is 2. The number of amides is 2. The van der Waals surface area contributed by atoms with Crippen LogP contribution in [0.2, 0.25) is 0 Å². The van der Waals surface area contributed by atoms with Gasteiger partial charge in [-0.1, -0.05) is 52.3 Å². The Bertz CT molecular complexity index is 644. The largest absolute Gasteiger partial charge is 0.368 e. The van der Waals surface area contributed by atoms with Crippen molar-refractivity contribution in [2.75, 3.05) is 0 Å². The summed E-state index contributed by atoms with van der Waals surface area (Å²) in [6.07, 6.45) is 0.371. The molecule has 0 aromatic heterocycles. The summed E-state index contributed by atoms with van der Waals surface area (Å²) in [5.41, 5.74) is 6.79. The Balaban J connectivity index is 2.10. The number of benzene rings is 2. The molecule has 1 atom stereocenters. The summed E-state index contributed by atoms with van der Waals surface area (Å²) in [7, 11) is 0. The Hall–Kier alpha value is -2.14. The molecule has 0 aliphatic rings. The van der Waals surface area contributed by atoms with Crippen molar-refractivity contribution in [2.24, 2.45) is 5.73 Å². The molecule has 0 saturated carbocycles. The smallest absolute Gasteiger partial charge is 0.251 e. The van der Waals surface area contributed by atoms with Gasteiger partial charge in [-0.25, -0.2) is 0 Å². The number of halogens is 1. The first-order valence-corrected chi connectivity index (χ1v) is 7.25. The Morgan fingerprint density at radius 3 is 2.43 bits per heavy atom. The third kappa shape index (κ3) is 4.43. The van der Waals surface area contributed by atoms with E-state index < -0.39 is 11.9 Å². The number of carbonyl (C=O) groups is 2. The van der Waals surface area contributed by atoms with E-state index in [-0.39, 0.29) is 5.91 Å². The van der Waals surface area contributed by atoms with Crippen molar-refractivity contribution in [2.45, 2.75) is 12.5 Å². The molecule has 2 amide bonds. The van der Waals surface area contributed by atoms with Gasteiger partial charge in [0, 0.05) is 16.5 Å². The quantitative estimate of drug-likeness (QED) is 0.871. The highest BCUT2D eigenvalue weighted by molar-refractivity contribution is 9.10. The van der Waals surface area contributed by atoms with Crippen LogP contribution in [-0.4, -0.2) is 17.9 Å². The third-order valence-corrected chi connectivity index (χ3v) is 3.51. The molecule has 0 aliphatic carbocycles. The molecule has 0 heterocycles. The summed E-state index contributed by atoms with van der Waals surface area (Å²) >= 11 is 3.31. The standard InChI is InChI=1S/C16H15BrN2O2/c17-13-8-4-7-12(10-13)16(21)19-14(15(18)20)9-11-5-2-1-3-6-11/h1-8,10,14H,9H2,(H2,18,20)(H,19,21)/t14-/m1/s1. The summed E-state index contributed by atoms with van der Waals surface area (Å²) in [6.45, 7) is 0. The highest BCUT2D eigenvalue weighted by atomic mass is 79.9.